The van der Waals surface area contributed by atoms with E-state index in [1.165, 1.54) is 5.69 Å². The summed E-state index contributed by atoms with van der Waals surface area (Å²) in [5.74, 6) is 3.81. The highest BCUT2D eigenvalue weighted by molar-refractivity contribution is 14.0. The number of halogens is 1. The summed E-state index contributed by atoms with van der Waals surface area (Å²) in [6.07, 6.45) is 0. The summed E-state index contributed by atoms with van der Waals surface area (Å²) in [4.78, 5) is 9.58. The van der Waals surface area contributed by atoms with E-state index in [2.05, 4.69) is 34.2 Å². The van der Waals surface area contributed by atoms with Crippen LogP contribution in [-0.2, 0) is 6.54 Å². The van der Waals surface area contributed by atoms with Gasteiger partial charge in [-0.15, -0.1) is 24.0 Å². The molecule has 0 saturated carbocycles. The van der Waals surface area contributed by atoms with Gasteiger partial charge in [0.1, 0.15) is 11.5 Å². The third kappa shape index (κ3) is 6.72. The molecule has 0 aromatic heterocycles. The molecule has 3 rings (SSSR count). The van der Waals surface area contributed by atoms with E-state index < -0.39 is 0 Å². The maximum absolute atomic E-state index is 5.55. The third-order valence-electron chi connectivity index (χ3n) is 5.54. The Balaban J connectivity index is 0.00000385. The Morgan fingerprint density at radius 2 is 1.45 bits per heavy atom. The lowest BCUT2D eigenvalue weighted by molar-refractivity contribution is 0.347. The van der Waals surface area contributed by atoms with Crippen LogP contribution in [0.5, 0.6) is 23.0 Å². The molecular formula is C24H35IN4O4. The molecule has 0 aliphatic carbocycles. The predicted octanol–water partition coefficient (Wildman–Crippen LogP) is 3.63. The molecule has 1 fully saturated rings. The molecule has 1 N–H and O–H groups in total. The lowest BCUT2D eigenvalue weighted by atomic mass is 10.1. The normalized spacial score (nSPS) is 13.8. The first-order valence-electron chi connectivity index (χ1n) is 10.8. The molecule has 2 aromatic carbocycles. The molecule has 1 saturated heterocycles. The summed E-state index contributed by atoms with van der Waals surface area (Å²) >= 11 is 0. The van der Waals surface area contributed by atoms with Gasteiger partial charge in [-0.1, -0.05) is 0 Å². The molecule has 1 aliphatic heterocycles. The van der Waals surface area contributed by atoms with Crippen LogP contribution in [0.2, 0.25) is 0 Å². The Labute approximate surface area is 213 Å². The van der Waals surface area contributed by atoms with Crippen molar-refractivity contribution >= 4 is 35.6 Å². The number of nitrogens with one attached hydrogen (secondary N) is 1. The average molecular weight is 570 g/mol. The molecule has 1 heterocycles. The quantitative estimate of drug-likeness (QED) is 0.296. The van der Waals surface area contributed by atoms with Gasteiger partial charge in [-0.25, -0.2) is 4.99 Å². The number of benzene rings is 2. The summed E-state index contributed by atoms with van der Waals surface area (Å²) in [5, 5.41) is 3.43. The van der Waals surface area contributed by atoms with Gasteiger partial charge >= 0.3 is 0 Å². The van der Waals surface area contributed by atoms with Crippen LogP contribution in [0.25, 0.3) is 0 Å². The lowest BCUT2D eigenvalue weighted by Gasteiger charge is -2.37. The van der Waals surface area contributed by atoms with Crippen LogP contribution in [0.4, 0.5) is 5.69 Å². The van der Waals surface area contributed by atoms with Gasteiger partial charge in [-0.3, -0.25) is 0 Å². The average Bonchev–Trinajstić information content (AvgIpc) is 2.86. The van der Waals surface area contributed by atoms with Gasteiger partial charge in [0.25, 0.3) is 0 Å². The zero-order valence-corrected chi connectivity index (χ0v) is 22.4. The number of piperazine rings is 1. The number of methoxy groups -OCH3 is 4. The smallest absolute Gasteiger partial charge is 0.194 e. The van der Waals surface area contributed by atoms with E-state index in [0.717, 1.165) is 55.7 Å². The van der Waals surface area contributed by atoms with E-state index in [1.807, 2.05) is 24.3 Å². The van der Waals surface area contributed by atoms with Gasteiger partial charge in [0.15, 0.2) is 17.5 Å². The molecule has 9 heteroatoms. The molecule has 182 valence electrons. The highest BCUT2D eigenvalue weighted by Gasteiger charge is 2.20. The van der Waals surface area contributed by atoms with Crippen molar-refractivity contribution in [1.29, 1.82) is 0 Å². The largest absolute Gasteiger partial charge is 0.497 e. The second-order valence-electron chi connectivity index (χ2n) is 7.36. The summed E-state index contributed by atoms with van der Waals surface area (Å²) in [6, 6.07) is 12.0. The summed E-state index contributed by atoms with van der Waals surface area (Å²) in [7, 11) is 6.58. The van der Waals surface area contributed by atoms with Gasteiger partial charge in [0, 0.05) is 50.0 Å². The maximum Gasteiger partial charge on any atom is 0.194 e. The van der Waals surface area contributed by atoms with Crippen molar-refractivity contribution in [2.24, 2.45) is 4.99 Å². The van der Waals surface area contributed by atoms with Crippen LogP contribution in [0.15, 0.2) is 41.4 Å². The molecule has 33 heavy (non-hydrogen) atoms. The van der Waals surface area contributed by atoms with Gasteiger partial charge in [-0.05, 0) is 37.3 Å². The third-order valence-corrected chi connectivity index (χ3v) is 5.54. The number of nitrogens with zero attached hydrogens (tertiary/aromatic N) is 3. The molecule has 0 spiro atoms. The Kier molecular flexibility index (Phi) is 10.7. The highest BCUT2D eigenvalue weighted by Crippen LogP contribution is 2.35. The monoisotopic (exact) mass is 570 g/mol. The van der Waals surface area contributed by atoms with Crippen molar-refractivity contribution in [3.8, 4) is 23.0 Å². The zero-order chi connectivity index (χ0) is 22.9. The van der Waals surface area contributed by atoms with E-state index >= 15 is 0 Å². The molecule has 8 nitrogen and oxygen atoms in total. The van der Waals surface area contributed by atoms with Crippen LogP contribution >= 0.6 is 24.0 Å². The minimum atomic E-state index is 0. The predicted molar refractivity (Wildman–Crippen MR) is 143 cm³/mol. The van der Waals surface area contributed by atoms with Gasteiger partial charge in [0.05, 0.1) is 35.0 Å². The van der Waals surface area contributed by atoms with Crippen molar-refractivity contribution in [3.63, 3.8) is 0 Å². The number of guanidine groups is 1. The lowest BCUT2D eigenvalue weighted by Crippen LogP contribution is -2.52. The topological polar surface area (TPSA) is 67.8 Å². The van der Waals surface area contributed by atoms with E-state index in [0.29, 0.717) is 18.0 Å². The van der Waals surface area contributed by atoms with Crippen molar-refractivity contribution in [3.05, 3.63) is 42.0 Å². The second kappa shape index (κ2) is 13.2. The SMILES string of the molecule is CCNC(=NCc1cc(OC)c(OC)cc1OC)N1CCN(c2ccc(OC)cc2)CC1.I. The fraction of sp³-hybridized carbons (Fsp3) is 0.458. The van der Waals surface area contributed by atoms with Crippen molar-refractivity contribution in [1.82, 2.24) is 10.2 Å². The fourth-order valence-corrected chi connectivity index (χ4v) is 3.77. The number of hydrogen-bond acceptors (Lipinski definition) is 6. The minimum absolute atomic E-state index is 0. The molecule has 0 unspecified atom stereocenters. The number of aliphatic imine (C=N–C) groups is 1. The Bertz CT molecular complexity index is 900. The zero-order valence-electron chi connectivity index (χ0n) is 20.1. The van der Waals surface area contributed by atoms with Crippen LogP contribution in [0.3, 0.4) is 0 Å². The second-order valence-corrected chi connectivity index (χ2v) is 7.36. The first kappa shape index (κ1) is 26.7. The maximum atomic E-state index is 5.55. The minimum Gasteiger partial charge on any atom is -0.497 e. The molecule has 0 atom stereocenters. The van der Waals surface area contributed by atoms with Gasteiger partial charge in [-0.2, -0.15) is 0 Å². The van der Waals surface area contributed by atoms with E-state index in [9.17, 15) is 0 Å². The molecule has 0 bridgehead atoms. The first-order chi connectivity index (χ1) is 15.6. The van der Waals surface area contributed by atoms with Crippen LogP contribution in [0, 0.1) is 0 Å². The van der Waals surface area contributed by atoms with E-state index in [1.54, 1.807) is 28.4 Å². The Morgan fingerprint density at radius 1 is 0.848 bits per heavy atom. The Hall–Kier alpha value is -2.56. The summed E-state index contributed by atoms with van der Waals surface area (Å²) in [6.45, 7) is 7.00. The summed E-state index contributed by atoms with van der Waals surface area (Å²) in [5.41, 5.74) is 2.15. The van der Waals surface area contributed by atoms with Crippen LogP contribution in [0.1, 0.15) is 12.5 Å². The van der Waals surface area contributed by atoms with E-state index in [4.69, 9.17) is 23.9 Å². The Morgan fingerprint density at radius 3 is 2.00 bits per heavy atom. The van der Waals surface area contributed by atoms with Crippen LogP contribution in [-0.4, -0.2) is 72.0 Å². The molecule has 0 amide bonds. The van der Waals surface area contributed by atoms with Crippen molar-refractivity contribution < 1.29 is 18.9 Å². The van der Waals surface area contributed by atoms with Crippen LogP contribution < -0.4 is 29.2 Å². The molecular weight excluding hydrogens is 535 g/mol. The molecule has 2 aromatic rings. The summed E-state index contributed by atoms with van der Waals surface area (Å²) < 4.78 is 21.6. The number of hydrogen-bond donors (Lipinski definition) is 1. The van der Waals surface area contributed by atoms with Gasteiger partial charge in [0.2, 0.25) is 0 Å². The van der Waals surface area contributed by atoms with Crippen molar-refractivity contribution in [2.75, 3.05) is 66.1 Å². The highest BCUT2D eigenvalue weighted by atomic mass is 127. The number of anilines is 1. The standard InChI is InChI=1S/C24H34N4O4.HI/c1-6-25-24(26-17-18-15-22(31-4)23(32-5)16-21(18)30-3)28-13-11-27(12-14-28)19-7-9-20(29-2)10-8-19;/h7-10,15-16H,6,11-14,17H2,1-5H3,(H,25,26);1H. The van der Waals surface area contributed by atoms with E-state index in [-0.39, 0.29) is 24.0 Å². The first-order valence-corrected chi connectivity index (χ1v) is 10.8. The number of rotatable bonds is 8. The fourth-order valence-electron chi connectivity index (χ4n) is 3.77. The number of ether oxygens (including phenoxy) is 4. The molecule has 1 aliphatic rings. The van der Waals surface area contributed by atoms with Gasteiger partial charge < -0.3 is 34.1 Å². The van der Waals surface area contributed by atoms with Crippen molar-refractivity contribution in [2.45, 2.75) is 13.5 Å². The molecule has 0 radical (unpaired) electrons.